The van der Waals surface area contributed by atoms with Crippen molar-refractivity contribution in [2.24, 2.45) is 17.8 Å². The average Bonchev–Trinajstić information content (AvgIpc) is 3.04. The van der Waals surface area contributed by atoms with Crippen molar-refractivity contribution >= 4 is 5.97 Å². The molecule has 106 valence electrons. The summed E-state index contributed by atoms with van der Waals surface area (Å²) in [6.45, 7) is 4.41. The molecule has 0 aromatic heterocycles. The number of carboxylic acid groups (broad SMARTS) is 1. The molecule has 0 spiro atoms. The first-order valence-corrected chi connectivity index (χ1v) is 7.93. The predicted octanol–water partition coefficient (Wildman–Crippen LogP) is 0.543. The van der Waals surface area contributed by atoms with Gasteiger partial charge in [0.1, 0.15) is 0 Å². The Morgan fingerprint density at radius 1 is 0.842 bits per heavy atom. The Morgan fingerprint density at radius 3 is 1.58 bits per heavy atom. The first-order valence-electron chi connectivity index (χ1n) is 7.93. The maximum absolute atomic E-state index is 11.0. The fraction of sp³-hybridized carbons (Fsp3) is 0.938. The van der Waals surface area contributed by atoms with E-state index in [9.17, 15) is 9.90 Å². The van der Waals surface area contributed by atoms with Crippen LogP contribution in [0.2, 0.25) is 0 Å². The van der Waals surface area contributed by atoms with Crippen LogP contribution in [0, 0.1) is 17.8 Å². The van der Waals surface area contributed by atoms with Crippen molar-refractivity contribution in [2.75, 3.05) is 0 Å². The quantitative estimate of drug-likeness (QED) is 0.408. The Balaban J connectivity index is 0.00000324. The molecule has 19 heavy (non-hydrogen) atoms. The van der Waals surface area contributed by atoms with E-state index in [1.165, 1.54) is 51.4 Å². The van der Waals surface area contributed by atoms with Gasteiger partial charge in [-0.15, -0.1) is 0 Å². The Labute approximate surface area is 141 Å². The van der Waals surface area contributed by atoms with Crippen molar-refractivity contribution < 1.29 is 39.5 Å². The normalized spacial score (nSPS) is 24.8. The van der Waals surface area contributed by atoms with Crippen LogP contribution in [0.15, 0.2) is 0 Å². The number of carbonyl (C=O) groups is 1. The molecule has 2 unspecified atom stereocenters. The maximum Gasteiger partial charge on any atom is 1.00 e. The number of aliphatic carboxylic acids is 1. The Hall–Kier alpha value is 0.470. The molecule has 0 bridgehead atoms. The van der Waals surface area contributed by atoms with Gasteiger partial charge in [-0.1, -0.05) is 65.2 Å². The summed E-state index contributed by atoms with van der Waals surface area (Å²) in [5.74, 6) is -0.0359. The van der Waals surface area contributed by atoms with Gasteiger partial charge >= 0.3 is 29.6 Å². The number of carboxylic acids is 1. The van der Waals surface area contributed by atoms with Crippen LogP contribution in [0.1, 0.15) is 78.1 Å². The molecule has 0 radical (unpaired) electrons. The number of carbonyl (C=O) groups excluding carboxylic acids is 1. The van der Waals surface area contributed by atoms with Gasteiger partial charge in [0.15, 0.2) is 0 Å². The molecule has 3 heteroatoms. The zero-order valence-corrected chi connectivity index (χ0v) is 15.1. The molecule has 0 saturated heterocycles. The van der Waals surface area contributed by atoms with Gasteiger partial charge in [-0.05, 0) is 24.7 Å². The summed E-state index contributed by atoms with van der Waals surface area (Å²) in [5.41, 5.74) is 0. The van der Waals surface area contributed by atoms with E-state index in [-0.39, 0.29) is 35.5 Å². The molecule has 2 nitrogen and oxygen atoms in total. The SMILES string of the molecule is CCCCCCC1C(CCCCCC)C1C(=O)[O-].[Na+]. The minimum atomic E-state index is -0.795. The molecular weight excluding hydrogens is 247 g/mol. The third kappa shape index (κ3) is 7.15. The minimum absolute atomic E-state index is 0. The molecule has 0 aromatic carbocycles. The minimum Gasteiger partial charge on any atom is -0.550 e. The third-order valence-electron chi connectivity index (χ3n) is 4.39. The van der Waals surface area contributed by atoms with Crippen LogP contribution in [-0.2, 0) is 4.79 Å². The summed E-state index contributed by atoms with van der Waals surface area (Å²) >= 11 is 0. The third-order valence-corrected chi connectivity index (χ3v) is 4.39. The zero-order chi connectivity index (χ0) is 13.4. The molecule has 1 aliphatic carbocycles. The molecule has 0 heterocycles. The predicted molar refractivity (Wildman–Crippen MR) is 73.0 cm³/mol. The second-order valence-electron chi connectivity index (χ2n) is 5.87. The van der Waals surface area contributed by atoms with Crippen molar-refractivity contribution in [3.8, 4) is 0 Å². The smallest absolute Gasteiger partial charge is 0.550 e. The van der Waals surface area contributed by atoms with Gasteiger partial charge in [0.2, 0.25) is 0 Å². The standard InChI is InChI=1S/C16H30O2.Na/c1-3-5-7-9-11-13-14(15(13)16(17)18)12-10-8-6-4-2;/h13-15H,3-12H2,1-2H3,(H,17,18);/q;+1/p-1. The van der Waals surface area contributed by atoms with E-state index in [2.05, 4.69) is 13.8 Å². The monoisotopic (exact) mass is 276 g/mol. The Morgan fingerprint density at radius 2 is 1.26 bits per heavy atom. The molecule has 1 rings (SSSR count). The fourth-order valence-electron chi connectivity index (χ4n) is 3.20. The van der Waals surface area contributed by atoms with Crippen LogP contribution in [0.4, 0.5) is 0 Å². The second-order valence-corrected chi connectivity index (χ2v) is 5.87. The van der Waals surface area contributed by atoms with Crippen molar-refractivity contribution in [3.05, 3.63) is 0 Å². The van der Waals surface area contributed by atoms with Gasteiger partial charge in [0.25, 0.3) is 0 Å². The number of hydrogen-bond acceptors (Lipinski definition) is 2. The molecule has 1 saturated carbocycles. The van der Waals surface area contributed by atoms with Crippen molar-refractivity contribution in [2.45, 2.75) is 78.1 Å². The fourth-order valence-corrected chi connectivity index (χ4v) is 3.20. The number of unbranched alkanes of at least 4 members (excludes halogenated alkanes) is 6. The van der Waals surface area contributed by atoms with E-state index < -0.39 is 5.97 Å². The largest absolute Gasteiger partial charge is 1.00 e. The molecule has 0 N–H and O–H groups in total. The molecule has 0 aliphatic heterocycles. The van der Waals surface area contributed by atoms with Crippen LogP contribution >= 0.6 is 0 Å². The summed E-state index contributed by atoms with van der Waals surface area (Å²) < 4.78 is 0. The van der Waals surface area contributed by atoms with Gasteiger partial charge < -0.3 is 9.90 Å². The molecular formula is C16H29NaO2. The van der Waals surface area contributed by atoms with Gasteiger partial charge in [-0.25, -0.2) is 0 Å². The van der Waals surface area contributed by atoms with Gasteiger partial charge in [0.05, 0.1) is 0 Å². The number of hydrogen-bond donors (Lipinski definition) is 0. The van der Waals surface area contributed by atoms with Crippen LogP contribution < -0.4 is 34.7 Å². The van der Waals surface area contributed by atoms with E-state index in [1.54, 1.807) is 0 Å². The maximum atomic E-state index is 11.0. The van der Waals surface area contributed by atoms with E-state index in [0.29, 0.717) is 11.8 Å². The van der Waals surface area contributed by atoms with E-state index in [1.807, 2.05) is 0 Å². The number of rotatable bonds is 11. The molecule has 1 fully saturated rings. The molecule has 2 atom stereocenters. The van der Waals surface area contributed by atoms with E-state index in [4.69, 9.17) is 0 Å². The van der Waals surface area contributed by atoms with Gasteiger partial charge in [-0.2, -0.15) is 0 Å². The van der Waals surface area contributed by atoms with Gasteiger partial charge in [0, 0.05) is 11.9 Å². The molecule has 0 amide bonds. The van der Waals surface area contributed by atoms with E-state index >= 15 is 0 Å². The zero-order valence-electron chi connectivity index (χ0n) is 13.1. The topological polar surface area (TPSA) is 40.1 Å². The summed E-state index contributed by atoms with van der Waals surface area (Å²) in [7, 11) is 0. The van der Waals surface area contributed by atoms with Crippen LogP contribution in [0.5, 0.6) is 0 Å². The average molecular weight is 276 g/mol. The molecule has 0 aromatic rings. The van der Waals surface area contributed by atoms with E-state index in [0.717, 1.165) is 12.8 Å². The van der Waals surface area contributed by atoms with Crippen LogP contribution in [0.25, 0.3) is 0 Å². The summed E-state index contributed by atoms with van der Waals surface area (Å²) in [4.78, 5) is 11.0. The van der Waals surface area contributed by atoms with Crippen molar-refractivity contribution in [1.29, 1.82) is 0 Å². The Kier molecular flexibility index (Phi) is 11.4. The summed E-state index contributed by atoms with van der Waals surface area (Å²) in [6.07, 6.45) is 12.2. The van der Waals surface area contributed by atoms with Crippen molar-refractivity contribution in [1.82, 2.24) is 0 Å². The van der Waals surface area contributed by atoms with Crippen molar-refractivity contribution in [3.63, 3.8) is 0 Å². The van der Waals surface area contributed by atoms with Gasteiger partial charge in [-0.3, -0.25) is 0 Å². The summed E-state index contributed by atoms with van der Waals surface area (Å²) in [5, 5.41) is 11.0. The van der Waals surface area contributed by atoms with Crippen LogP contribution in [0.3, 0.4) is 0 Å². The van der Waals surface area contributed by atoms with Crippen LogP contribution in [-0.4, -0.2) is 5.97 Å². The Bertz CT molecular complexity index is 225. The molecule has 1 aliphatic rings. The summed E-state index contributed by atoms with van der Waals surface area (Å²) in [6, 6.07) is 0. The first-order chi connectivity index (χ1) is 8.72. The first kappa shape index (κ1) is 19.5. The second kappa shape index (κ2) is 11.2.